The third kappa shape index (κ3) is 5.35. The molecule has 0 aliphatic rings. The van der Waals surface area contributed by atoms with Crippen molar-refractivity contribution in [3.05, 3.63) is 56.5 Å². The number of hydrogen-bond donors (Lipinski definition) is 0. The van der Waals surface area contributed by atoms with E-state index in [1.807, 2.05) is 63.2 Å². The van der Waals surface area contributed by atoms with Gasteiger partial charge >= 0.3 is 0 Å². The highest BCUT2D eigenvalue weighted by Crippen LogP contribution is 2.38. The predicted molar refractivity (Wildman–Crippen MR) is 109 cm³/mol. The first-order valence-corrected chi connectivity index (χ1v) is 9.54. The van der Waals surface area contributed by atoms with E-state index in [2.05, 4.69) is 37.9 Å². The third-order valence-corrected chi connectivity index (χ3v) is 4.39. The third-order valence-electron chi connectivity index (χ3n) is 3.27. The molecule has 0 aliphatic carbocycles. The first-order chi connectivity index (χ1) is 11.9. The van der Waals surface area contributed by atoms with E-state index in [0.717, 1.165) is 20.1 Å². The van der Waals surface area contributed by atoms with Crippen molar-refractivity contribution in [2.24, 2.45) is 0 Å². The summed E-state index contributed by atoms with van der Waals surface area (Å²) in [6.07, 6.45) is 1.88. The van der Waals surface area contributed by atoms with Crippen molar-refractivity contribution < 1.29 is 9.47 Å². The summed E-state index contributed by atoms with van der Waals surface area (Å²) in [5.74, 6) is 1.33. The second-order valence-corrected chi connectivity index (χ2v) is 7.38. The zero-order chi connectivity index (χ0) is 18.4. The summed E-state index contributed by atoms with van der Waals surface area (Å²) < 4.78 is 13.3. The molecule has 0 aromatic heterocycles. The summed E-state index contributed by atoms with van der Waals surface area (Å²) in [5, 5.41) is 9.53. The van der Waals surface area contributed by atoms with Gasteiger partial charge in [0.2, 0.25) is 0 Å². The molecular weight excluding hydrogens is 446 g/mol. The van der Waals surface area contributed by atoms with Crippen molar-refractivity contribution in [2.75, 3.05) is 6.61 Å². The Balaban J connectivity index is 2.47. The molecule has 2 aromatic rings. The van der Waals surface area contributed by atoms with Crippen LogP contribution in [-0.4, -0.2) is 12.7 Å². The molecule has 0 N–H and O–H groups in total. The molecule has 0 saturated heterocycles. The molecule has 0 radical (unpaired) electrons. The van der Waals surface area contributed by atoms with E-state index in [4.69, 9.17) is 9.47 Å². The number of halogens is 2. The van der Waals surface area contributed by atoms with Crippen LogP contribution in [0.2, 0.25) is 0 Å². The molecular formula is C20H19Br2NO2. The van der Waals surface area contributed by atoms with Crippen LogP contribution in [0.25, 0.3) is 11.6 Å². The topological polar surface area (TPSA) is 42.2 Å². The Morgan fingerprint density at radius 3 is 2.44 bits per heavy atom. The van der Waals surface area contributed by atoms with Gasteiger partial charge in [-0.15, -0.1) is 0 Å². The van der Waals surface area contributed by atoms with E-state index in [9.17, 15) is 5.26 Å². The maximum Gasteiger partial charge on any atom is 0.175 e. The number of hydrogen-bond acceptors (Lipinski definition) is 3. The van der Waals surface area contributed by atoms with Gasteiger partial charge in [0.1, 0.15) is 0 Å². The standard InChI is InChI=1S/C20H19Br2NO2/c1-4-24-19-11-14(10-18(22)20(19)25-13(2)3)9-16(12-23)15-5-7-17(21)8-6-15/h5-11,13H,4H2,1-3H3/b16-9+. The summed E-state index contributed by atoms with van der Waals surface area (Å²) in [4.78, 5) is 0. The van der Waals surface area contributed by atoms with Crippen molar-refractivity contribution >= 4 is 43.5 Å². The van der Waals surface area contributed by atoms with E-state index >= 15 is 0 Å². The number of nitrogens with zero attached hydrogens (tertiary/aromatic N) is 1. The molecule has 25 heavy (non-hydrogen) atoms. The number of allylic oxidation sites excluding steroid dienone is 1. The van der Waals surface area contributed by atoms with Gasteiger partial charge < -0.3 is 9.47 Å². The lowest BCUT2D eigenvalue weighted by Crippen LogP contribution is -2.08. The molecule has 0 spiro atoms. The minimum Gasteiger partial charge on any atom is -0.490 e. The van der Waals surface area contributed by atoms with Crippen LogP contribution in [0, 0.1) is 11.3 Å². The second-order valence-electron chi connectivity index (χ2n) is 5.61. The Labute approximate surface area is 165 Å². The van der Waals surface area contributed by atoms with Gasteiger partial charge in [-0.2, -0.15) is 5.26 Å². The highest BCUT2D eigenvalue weighted by atomic mass is 79.9. The minimum atomic E-state index is 0.0364. The molecule has 2 rings (SSSR count). The van der Waals surface area contributed by atoms with Crippen LogP contribution < -0.4 is 9.47 Å². The Kier molecular flexibility index (Phi) is 7.10. The van der Waals surface area contributed by atoms with Crippen molar-refractivity contribution in [3.63, 3.8) is 0 Å². The summed E-state index contributed by atoms with van der Waals surface area (Å²) >= 11 is 6.96. The van der Waals surface area contributed by atoms with Gasteiger partial charge in [-0.3, -0.25) is 0 Å². The maximum atomic E-state index is 9.53. The average molecular weight is 465 g/mol. The zero-order valence-corrected chi connectivity index (χ0v) is 17.5. The molecule has 3 nitrogen and oxygen atoms in total. The van der Waals surface area contributed by atoms with Crippen molar-refractivity contribution in [2.45, 2.75) is 26.9 Å². The first-order valence-electron chi connectivity index (χ1n) is 7.95. The molecule has 0 aliphatic heterocycles. The van der Waals surface area contributed by atoms with Gasteiger partial charge in [0, 0.05) is 4.47 Å². The van der Waals surface area contributed by atoms with E-state index < -0.39 is 0 Å². The zero-order valence-electron chi connectivity index (χ0n) is 14.3. The van der Waals surface area contributed by atoms with Gasteiger partial charge in [-0.25, -0.2) is 0 Å². The number of nitriles is 1. The fourth-order valence-electron chi connectivity index (χ4n) is 2.26. The van der Waals surface area contributed by atoms with Gasteiger partial charge in [0.15, 0.2) is 11.5 Å². The van der Waals surface area contributed by atoms with E-state index in [0.29, 0.717) is 23.7 Å². The second kappa shape index (κ2) is 9.07. The summed E-state index contributed by atoms with van der Waals surface area (Å²) in [7, 11) is 0. The number of benzene rings is 2. The Bertz CT molecular complexity index is 806. The molecule has 5 heteroatoms. The number of ether oxygens (including phenoxy) is 2. The van der Waals surface area contributed by atoms with Crippen LogP contribution >= 0.6 is 31.9 Å². The Morgan fingerprint density at radius 2 is 1.88 bits per heavy atom. The average Bonchev–Trinajstić information content (AvgIpc) is 2.57. The van der Waals surface area contributed by atoms with E-state index in [1.54, 1.807) is 0 Å². The van der Waals surface area contributed by atoms with Gasteiger partial charge in [-0.05, 0) is 78.2 Å². The molecule has 0 unspecified atom stereocenters. The van der Waals surface area contributed by atoms with Crippen molar-refractivity contribution in [1.82, 2.24) is 0 Å². The lowest BCUT2D eigenvalue weighted by molar-refractivity contribution is 0.222. The monoisotopic (exact) mass is 463 g/mol. The van der Waals surface area contributed by atoms with Crippen LogP contribution in [0.1, 0.15) is 31.9 Å². The highest BCUT2D eigenvalue weighted by molar-refractivity contribution is 9.10. The smallest absolute Gasteiger partial charge is 0.175 e. The fourth-order valence-corrected chi connectivity index (χ4v) is 3.08. The Morgan fingerprint density at radius 1 is 1.20 bits per heavy atom. The molecule has 0 saturated carbocycles. The van der Waals surface area contributed by atoms with Crippen LogP contribution in [0.3, 0.4) is 0 Å². The SMILES string of the molecule is CCOc1cc(/C=C(\C#N)c2ccc(Br)cc2)cc(Br)c1OC(C)C. The van der Waals surface area contributed by atoms with Crippen LogP contribution in [-0.2, 0) is 0 Å². The number of rotatable bonds is 6. The van der Waals surface area contributed by atoms with Gasteiger partial charge in [0.25, 0.3) is 0 Å². The fraction of sp³-hybridized carbons (Fsp3) is 0.250. The highest BCUT2D eigenvalue weighted by Gasteiger charge is 2.13. The lowest BCUT2D eigenvalue weighted by atomic mass is 10.0. The van der Waals surface area contributed by atoms with Crippen LogP contribution in [0.5, 0.6) is 11.5 Å². The molecule has 130 valence electrons. The lowest BCUT2D eigenvalue weighted by Gasteiger charge is -2.17. The molecule has 0 amide bonds. The van der Waals surface area contributed by atoms with E-state index in [1.165, 1.54) is 0 Å². The molecule has 2 aromatic carbocycles. The molecule has 0 atom stereocenters. The van der Waals surface area contributed by atoms with E-state index in [-0.39, 0.29) is 6.10 Å². The summed E-state index contributed by atoms with van der Waals surface area (Å²) in [5.41, 5.74) is 2.31. The van der Waals surface area contributed by atoms with Crippen molar-refractivity contribution in [1.29, 1.82) is 5.26 Å². The normalized spacial score (nSPS) is 11.3. The first kappa shape index (κ1) is 19.6. The minimum absolute atomic E-state index is 0.0364. The summed E-state index contributed by atoms with van der Waals surface area (Å²) in [6, 6.07) is 13.7. The molecule has 0 bridgehead atoms. The van der Waals surface area contributed by atoms with Crippen LogP contribution in [0.4, 0.5) is 0 Å². The van der Waals surface area contributed by atoms with Crippen molar-refractivity contribution in [3.8, 4) is 17.6 Å². The van der Waals surface area contributed by atoms with Gasteiger partial charge in [0.05, 0.1) is 28.8 Å². The summed E-state index contributed by atoms with van der Waals surface area (Å²) in [6.45, 7) is 6.40. The van der Waals surface area contributed by atoms with Gasteiger partial charge in [-0.1, -0.05) is 28.1 Å². The van der Waals surface area contributed by atoms with Crippen LogP contribution in [0.15, 0.2) is 45.3 Å². The predicted octanol–water partition coefficient (Wildman–Crippen LogP) is 6.46. The molecule has 0 heterocycles. The Hall–Kier alpha value is -1.77. The maximum absolute atomic E-state index is 9.53. The quantitative estimate of drug-likeness (QED) is 0.363. The molecule has 0 fully saturated rings. The largest absolute Gasteiger partial charge is 0.490 e.